The summed E-state index contributed by atoms with van der Waals surface area (Å²) in [4.78, 5) is 0. The van der Waals surface area contributed by atoms with Crippen molar-refractivity contribution >= 4 is 34.6 Å². The van der Waals surface area contributed by atoms with E-state index in [1.54, 1.807) is 0 Å². The molecule has 1 rings (SSSR count). The zero-order chi connectivity index (χ0) is 9.30. The van der Waals surface area contributed by atoms with Crippen molar-refractivity contribution < 1.29 is 5.21 Å². The fourth-order valence-corrected chi connectivity index (χ4v) is 1.05. The van der Waals surface area contributed by atoms with Crippen LogP contribution in [-0.4, -0.2) is 5.21 Å². The van der Waals surface area contributed by atoms with Crippen LogP contribution in [-0.2, 0) is 0 Å². The molecule has 1 aromatic rings. The molecule has 0 spiro atoms. The first kappa shape index (κ1) is 9.41. The van der Waals surface area contributed by atoms with Crippen LogP contribution in [0.25, 0.3) is 0 Å². The Morgan fingerprint density at radius 3 is 2.33 bits per heavy atom. The monoisotopic (exact) mass is 207 g/mol. The summed E-state index contributed by atoms with van der Waals surface area (Å²) in [5.74, 6) is 0. The molecule has 0 unspecified atom stereocenters. The van der Waals surface area contributed by atoms with E-state index >= 15 is 0 Å². The van der Waals surface area contributed by atoms with Crippen LogP contribution in [0.3, 0.4) is 0 Å². The highest BCUT2D eigenvalue weighted by atomic mass is 35.5. The minimum Gasteiger partial charge on any atom is -0.733 e. The Kier molecular flexibility index (Phi) is 2.64. The van der Waals surface area contributed by atoms with Gasteiger partial charge >= 0.3 is 0 Å². The van der Waals surface area contributed by atoms with Crippen molar-refractivity contribution in [2.45, 2.75) is 0 Å². The molecular formula is C6H5Cl2N2O2-. The SMILES string of the molecule is Nc1cc(Cl)c(Cl)cc1N([O-])O. The number of anilines is 2. The standard InChI is InChI=1S/C6H5Cl2N2O2/c7-3-1-5(9)6(10(11)12)2-4(3)8/h1-2,11H,9H2/q-1. The lowest BCUT2D eigenvalue weighted by Gasteiger charge is -2.23. The Morgan fingerprint density at radius 2 is 1.83 bits per heavy atom. The molecule has 0 aliphatic heterocycles. The van der Waals surface area contributed by atoms with E-state index < -0.39 is 0 Å². The first-order chi connectivity index (χ1) is 5.52. The molecule has 0 bridgehead atoms. The first-order valence-electron chi connectivity index (χ1n) is 2.93. The fraction of sp³-hybridized carbons (Fsp3) is 0. The summed E-state index contributed by atoms with van der Waals surface area (Å²) in [6.45, 7) is 0. The Hall–Kier alpha value is -0.680. The van der Waals surface area contributed by atoms with Gasteiger partial charge in [-0.3, -0.25) is 5.21 Å². The van der Waals surface area contributed by atoms with Gasteiger partial charge in [0.1, 0.15) is 0 Å². The summed E-state index contributed by atoms with van der Waals surface area (Å²) in [5.41, 5.74) is 5.30. The number of nitrogens with two attached hydrogens (primary N) is 1. The average Bonchev–Trinajstić information content (AvgIpc) is 1.96. The van der Waals surface area contributed by atoms with E-state index in [2.05, 4.69) is 0 Å². The van der Waals surface area contributed by atoms with Crippen LogP contribution in [0.2, 0.25) is 10.0 Å². The second kappa shape index (κ2) is 3.37. The largest absolute Gasteiger partial charge is 0.733 e. The molecule has 0 saturated carbocycles. The summed E-state index contributed by atoms with van der Waals surface area (Å²) >= 11 is 11.1. The van der Waals surface area contributed by atoms with Gasteiger partial charge in [0.25, 0.3) is 0 Å². The van der Waals surface area contributed by atoms with Crippen LogP contribution in [0.5, 0.6) is 0 Å². The predicted molar refractivity (Wildman–Crippen MR) is 48.5 cm³/mol. The van der Waals surface area contributed by atoms with E-state index in [9.17, 15) is 5.21 Å². The molecule has 0 saturated heterocycles. The smallest absolute Gasteiger partial charge is 0.0754 e. The first-order valence-corrected chi connectivity index (χ1v) is 3.68. The Morgan fingerprint density at radius 1 is 1.33 bits per heavy atom. The molecule has 0 fully saturated rings. The van der Waals surface area contributed by atoms with Crippen LogP contribution in [0, 0.1) is 5.21 Å². The normalized spacial score (nSPS) is 10.0. The molecular weight excluding hydrogens is 203 g/mol. The third kappa shape index (κ3) is 1.73. The van der Waals surface area contributed by atoms with Gasteiger partial charge in [0, 0.05) is 0 Å². The fourth-order valence-electron chi connectivity index (χ4n) is 0.717. The van der Waals surface area contributed by atoms with E-state index in [1.807, 2.05) is 0 Å². The molecule has 6 heteroatoms. The summed E-state index contributed by atoms with van der Waals surface area (Å²) in [6, 6.07) is 2.48. The molecule has 4 nitrogen and oxygen atoms in total. The zero-order valence-corrected chi connectivity index (χ0v) is 7.30. The van der Waals surface area contributed by atoms with Gasteiger partial charge in [0.2, 0.25) is 0 Å². The van der Waals surface area contributed by atoms with Gasteiger partial charge in [-0.15, -0.1) is 0 Å². The molecule has 0 radical (unpaired) electrons. The quantitative estimate of drug-likeness (QED) is 0.548. The molecule has 66 valence electrons. The van der Waals surface area contributed by atoms with Crippen molar-refractivity contribution in [3.05, 3.63) is 27.4 Å². The van der Waals surface area contributed by atoms with E-state index in [0.29, 0.717) is 0 Å². The molecule has 0 atom stereocenters. The third-order valence-corrected chi connectivity index (χ3v) is 2.00. The molecule has 1 aromatic carbocycles. The number of halogens is 2. The summed E-state index contributed by atoms with van der Waals surface area (Å²) in [6.07, 6.45) is 0. The van der Waals surface area contributed by atoms with Crippen LogP contribution < -0.4 is 11.0 Å². The summed E-state index contributed by atoms with van der Waals surface area (Å²) in [5, 5.41) is 19.0. The van der Waals surface area contributed by atoms with Crippen LogP contribution in [0.1, 0.15) is 0 Å². The number of nitrogens with zero attached hydrogens (tertiary/aromatic N) is 1. The maximum atomic E-state index is 10.4. The van der Waals surface area contributed by atoms with Gasteiger partial charge in [-0.05, 0) is 12.1 Å². The molecule has 0 aliphatic rings. The number of hydrogen-bond acceptors (Lipinski definition) is 4. The molecule has 0 heterocycles. The molecule has 0 aliphatic carbocycles. The van der Waals surface area contributed by atoms with Gasteiger partial charge < -0.3 is 16.2 Å². The molecule has 12 heavy (non-hydrogen) atoms. The van der Waals surface area contributed by atoms with E-state index in [0.717, 1.165) is 0 Å². The van der Waals surface area contributed by atoms with Crippen molar-refractivity contribution in [1.82, 2.24) is 0 Å². The van der Waals surface area contributed by atoms with Crippen molar-refractivity contribution in [2.75, 3.05) is 11.0 Å². The number of benzene rings is 1. The van der Waals surface area contributed by atoms with Gasteiger partial charge in [0.05, 0.1) is 21.4 Å². The van der Waals surface area contributed by atoms with Gasteiger partial charge in [0.15, 0.2) is 0 Å². The second-order valence-electron chi connectivity index (χ2n) is 2.10. The van der Waals surface area contributed by atoms with Gasteiger partial charge in [-0.1, -0.05) is 23.2 Å². The van der Waals surface area contributed by atoms with Crippen LogP contribution in [0.15, 0.2) is 12.1 Å². The van der Waals surface area contributed by atoms with E-state index in [1.165, 1.54) is 12.1 Å². The minimum atomic E-state index is -0.364. The Labute approximate surface area is 78.6 Å². The van der Waals surface area contributed by atoms with Crippen molar-refractivity contribution in [3.8, 4) is 0 Å². The topological polar surface area (TPSA) is 72.5 Å². The highest BCUT2D eigenvalue weighted by Gasteiger charge is 2.04. The maximum Gasteiger partial charge on any atom is 0.0754 e. The van der Waals surface area contributed by atoms with Crippen molar-refractivity contribution in [3.63, 3.8) is 0 Å². The zero-order valence-electron chi connectivity index (χ0n) is 5.79. The lowest BCUT2D eigenvalue weighted by atomic mass is 10.3. The molecule has 3 N–H and O–H groups in total. The van der Waals surface area contributed by atoms with Gasteiger partial charge in [-0.2, -0.15) is 0 Å². The minimum absolute atomic E-state index is 0.0712. The van der Waals surface area contributed by atoms with Crippen LogP contribution >= 0.6 is 23.2 Å². The number of nitrogen functional groups attached to an aromatic ring is 1. The third-order valence-electron chi connectivity index (χ3n) is 1.28. The Bertz CT molecular complexity index is 304. The second-order valence-corrected chi connectivity index (χ2v) is 2.91. The average molecular weight is 208 g/mol. The predicted octanol–water partition coefficient (Wildman–Crippen LogP) is 2.27. The highest BCUT2D eigenvalue weighted by Crippen LogP contribution is 2.31. The molecule has 0 amide bonds. The van der Waals surface area contributed by atoms with Gasteiger partial charge in [-0.25, -0.2) is 0 Å². The maximum absolute atomic E-state index is 10.4. The number of hydrogen-bond donors (Lipinski definition) is 2. The summed E-state index contributed by atoms with van der Waals surface area (Å²) in [7, 11) is 0. The number of rotatable bonds is 1. The van der Waals surface area contributed by atoms with E-state index in [4.69, 9.17) is 34.1 Å². The molecule has 0 aromatic heterocycles. The van der Waals surface area contributed by atoms with Crippen molar-refractivity contribution in [2.24, 2.45) is 0 Å². The highest BCUT2D eigenvalue weighted by molar-refractivity contribution is 6.42. The lowest BCUT2D eigenvalue weighted by molar-refractivity contribution is 0.297. The van der Waals surface area contributed by atoms with Crippen LogP contribution in [0.4, 0.5) is 11.4 Å². The lowest BCUT2D eigenvalue weighted by Crippen LogP contribution is -2.09. The summed E-state index contributed by atoms with van der Waals surface area (Å²) < 4.78 is 0. The van der Waals surface area contributed by atoms with E-state index in [-0.39, 0.29) is 26.6 Å². The van der Waals surface area contributed by atoms with Crippen molar-refractivity contribution in [1.29, 1.82) is 0 Å². The Balaban J connectivity index is 3.23.